The van der Waals surface area contributed by atoms with Gasteiger partial charge in [-0.1, -0.05) is 19.8 Å². The number of aliphatic hydroxyl groups is 1. The van der Waals surface area contributed by atoms with Crippen LogP contribution in [0.5, 0.6) is 0 Å². The number of methoxy groups -OCH3 is 1. The molecule has 1 saturated carbocycles. The molecule has 4 nitrogen and oxygen atoms in total. The zero-order valence-corrected chi connectivity index (χ0v) is 10.7. The van der Waals surface area contributed by atoms with E-state index in [-0.39, 0.29) is 6.10 Å². The SMILES string of the molecule is CCCn1cc(C2(O)CCCCC2OC)cn1. The van der Waals surface area contributed by atoms with Crippen molar-refractivity contribution in [3.05, 3.63) is 18.0 Å². The van der Waals surface area contributed by atoms with Crippen LogP contribution in [0.15, 0.2) is 12.4 Å². The first-order valence-corrected chi connectivity index (χ1v) is 6.49. The Morgan fingerprint density at radius 2 is 2.41 bits per heavy atom. The van der Waals surface area contributed by atoms with Crippen LogP contribution in [-0.4, -0.2) is 28.1 Å². The molecule has 0 aromatic carbocycles. The Balaban J connectivity index is 2.21. The molecule has 1 heterocycles. The van der Waals surface area contributed by atoms with Crippen LogP contribution in [0.4, 0.5) is 0 Å². The molecule has 1 fully saturated rings. The molecule has 2 rings (SSSR count). The smallest absolute Gasteiger partial charge is 0.119 e. The van der Waals surface area contributed by atoms with Gasteiger partial charge in [0, 0.05) is 25.4 Å². The predicted octanol–water partition coefficient (Wildman–Crippen LogP) is 2.07. The van der Waals surface area contributed by atoms with Crippen LogP contribution in [0.3, 0.4) is 0 Å². The third-order valence-electron chi connectivity index (χ3n) is 3.68. The van der Waals surface area contributed by atoms with Gasteiger partial charge in [0.2, 0.25) is 0 Å². The summed E-state index contributed by atoms with van der Waals surface area (Å²) in [6.45, 7) is 3.02. The van der Waals surface area contributed by atoms with Crippen LogP contribution in [0.25, 0.3) is 0 Å². The first-order valence-electron chi connectivity index (χ1n) is 6.49. The minimum Gasteiger partial charge on any atom is -0.382 e. The fourth-order valence-corrected chi connectivity index (χ4v) is 2.71. The summed E-state index contributed by atoms with van der Waals surface area (Å²) in [5.74, 6) is 0. The Bertz CT molecular complexity index is 364. The lowest BCUT2D eigenvalue weighted by atomic mass is 9.78. The highest BCUT2D eigenvalue weighted by molar-refractivity contribution is 5.18. The van der Waals surface area contributed by atoms with E-state index in [0.29, 0.717) is 0 Å². The van der Waals surface area contributed by atoms with Gasteiger partial charge in [-0.2, -0.15) is 5.10 Å². The van der Waals surface area contributed by atoms with E-state index in [1.54, 1.807) is 13.3 Å². The number of rotatable bonds is 4. The molecule has 1 aromatic rings. The monoisotopic (exact) mass is 238 g/mol. The topological polar surface area (TPSA) is 47.3 Å². The molecule has 1 aliphatic carbocycles. The Labute approximate surface area is 103 Å². The average molecular weight is 238 g/mol. The maximum atomic E-state index is 10.8. The van der Waals surface area contributed by atoms with Gasteiger partial charge in [-0.3, -0.25) is 4.68 Å². The standard InChI is InChI=1S/C13H22N2O2/c1-3-8-15-10-11(9-14-15)13(16)7-5-4-6-12(13)17-2/h9-10,12,16H,3-8H2,1-2H3. The Morgan fingerprint density at radius 1 is 1.59 bits per heavy atom. The van der Waals surface area contributed by atoms with Crippen molar-refractivity contribution in [3.8, 4) is 0 Å². The molecule has 96 valence electrons. The van der Waals surface area contributed by atoms with E-state index in [0.717, 1.165) is 44.2 Å². The molecule has 0 amide bonds. The number of nitrogens with zero attached hydrogens (tertiary/aromatic N) is 2. The highest BCUT2D eigenvalue weighted by atomic mass is 16.5. The molecule has 0 aliphatic heterocycles. The van der Waals surface area contributed by atoms with Crippen LogP contribution >= 0.6 is 0 Å². The summed E-state index contributed by atoms with van der Waals surface area (Å²) in [7, 11) is 1.68. The third kappa shape index (κ3) is 2.38. The number of aromatic nitrogens is 2. The molecular formula is C13H22N2O2. The lowest BCUT2D eigenvalue weighted by Crippen LogP contribution is -2.43. The van der Waals surface area contributed by atoms with E-state index in [1.807, 2.05) is 10.9 Å². The summed E-state index contributed by atoms with van der Waals surface area (Å²) in [5.41, 5.74) is 0.0522. The maximum Gasteiger partial charge on any atom is 0.119 e. The lowest BCUT2D eigenvalue weighted by molar-refractivity contribution is -0.122. The van der Waals surface area contributed by atoms with E-state index >= 15 is 0 Å². The highest BCUT2D eigenvalue weighted by Gasteiger charge is 2.41. The molecule has 1 N–H and O–H groups in total. The minimum atomic E-state index is -0.848. The first-order chi connectivity index (χ1) is 8.20. The summed E-state index contributed by atoms with van der Waals surface area (Å²) < 4.78 is 7.34. The molecule has 0 saturated heterocycles. The Morgan fingerprint density at radius 3 is 3.12 bits per heavy atom. The van der Waals surface area contributed by atoms with Crippen LogP contribution in [0.1, 0.15) is 44.6 Å². The van der Waals surface area contributed by atoms with E-state index in [4.69, 9.17) is 4.74 Å². The quantitative estimate of drug-likeness (QED) is 0.873. The fraction of sp³-hybridized carbons (Fsp3) is 0.769. The molecule has 2 atom stereocenters. The van der Waals surface area contributed by atoms with Gasteiger partial charge in [-0.25, -0.2) is 0 Å². The zero-order valence-electron chi connectivity index (χ0n) is 10.7. The van der Waals surface area contributed by atoms with Crippen molar-refractivity contribution < 1.29 is 9.84 Å². The second-order valence-electron chi connectivity index (χ2n) is 4.89. The molecule has 1 aliphatic rings. The van der Waals surface area contributed by atoms with Crippen molar-refractivity contribution in [1.29, 1.82) is 0 Å². The molecular weight excluding hydrogens is 216 g/mol. The van der Waals surface area contributed by atoms with Crippen molar-refractivity contribution >= 4 is 0 Å². The van der Waals surface area contributed by atoms with Crippen molar-refractivity contribution in [2.45, 2.75) is 57.3 Å². The van der Waals surface area contributed by atoms with E-state index in [2.05, 4.69) is 12.0 Å². The van der Waals surface area contributed by atoms with Gasteiger partial charge in [-0.15, -0.1) is 0 Å². The molecule has 0 bridgehead atoms. The van der Waals surface area contributed by atoms with E-state index in [1.165, 1.54) is 0 Å². The number of hydrogen-bond donors (Lipinski definition) is 1. The third-order valence-corrected chi connectivity index (χ3v) is 3.68. The Hall–Kier alpha value is -0.870. The minimum absolute atomic E-state index is 0.101. The molecule has 17 heavy (non-hydrogen) atoms. The van der Waals surface area contributed by atoms with Crippen molar-refractivity contribution in [1.82, 2.24) is 9.78 Å². The lowest BCUT2D eigenvalue weighted by Gasteiger charge is -2.38. The largest absolute Gasteiger partial charge is 0.382 e. The first kappa shape index (κ1) is 12.6. The number of aryl methyl sites for hydroxylation is 1. The summed E-state index contributed by atoms with van der Waals surface area (Å²) >= 11 is 0. The summed E-state index contributed by atoms with van der Waals surface area (Å²) in [6, 6.07) is 0. The fourth-order valence-electron chi connectivity index (χ4n) is 2.71. The number of ether oxygens (including phenoxy) is 1. The van der Waals surface area contributed by atoms with Crippen molar-refractivity contribution in [2.75, 3.05) is 7.11 Å². The molecule has 4 heteroatoms. The van der Waals surface area contributed by atoms with Crippen LogP contribution in [0, 0.1) is 0 Å². The van der Waals surface area contributed by atoms with Gasteiger partial charge < -0.3 is 9.84 Å². The highest BCUT2D eigenvalue weighted by Crippen LogP contribution is 2.38. The van der Waals surface area contributed by atoms with Gasteiger partial charge in [0.1, 0.15) is 5.60 Å². The molecule has 0 spiro atoms. The second kappa shape index (κ2) is 5.19. The van der Waals surface area contributed by atoms with Gasteiger partial charge in [0.05, 0.1) is 12.3 Å². The van der Waals surface area contributed by atoms with Crippen LogP contribution in [0.2, 0.25) is 0 Å². The Kier molecular flexibility index (Phi) is 3.84. The van der Waals surface area contributed by atoms with E-state index < -0.39 is 5.60 Å². The summed E-state index contributed by atoms with van der Waals surface area (Å²) in [4.78, 5) is 0. The maximum absolute atomic E-state index is 10.8. The normalized spacial score (nSPS) is 29.5. The van der Waals surface area contributed by atoms with Gasteiger partial charge in [-0.05, 0) is 19.3 Å². The summed E-state index contributed by atoms with van der Waals surface area (Å²) in [6.07, 6.45) is 8.56. The zero-order chi connectivity index (χ0) is 12.3. The predicted molar refractivity (Wildman–Crippen MR) is 65.7 cm³/mol. The number of hydrogen-bond acceptors (Lipinski definition) is 3. The average Bonchev–Trinajstić information content (AvgIpc) is 2.79. The van der Waals surface area contributed by atoms with Gasteiger partial charge >= 0.3 is 0 Å². The van der Waals surface area contributed by atoms with Crippen molar-refractivity contribution in [2.24, 2.45) is 0 Å². The second-order valence-corrected chi connectivity index (χ2v) is 4.89. The summed E-state index contributed by atoms with van der Waals surface area (Å²) in [5, 5.41) is 15.1. The molecule has 2 unspecified atom stereocenters. The van der Waals surface area contributed by atoms with Gasteiger partial charge in [0.15, 0.2) is 0 Å². The van der Waals surface area contributed by atoms with Gasteiger partial charge in [0.25, 0.3) is 0 Å². The van der Waals surface area contributed by atoms with Crippen molar-refractivity contribution in [3.63, 3.8) is 0 Å². The van der Waals surface area contributed by atoms with Crippen LogP contribution < -0.4 is 0 Å². The van der Waals surface area contributed by atoms with Crippen LogP contribution in [-0.2, 0) is 16.9 Å². The van der Waals surface area contributed by atoms with E-state index in [9.17, 15) is 5.11 Å². The molecule has 0 radical (unpaired) electrons. The molecule has 1 aromatic heterocycles.